The van der Waals surface area contributed by atoms with E-state index in [-0.39, 0.29) is 25.4 Å². The van der Waals surface area contributed by atoms with Crippen LogP contribution in [0.3, 0.4) is 0 Å². The van der Waals surface area contributed by atoms with E-state index in [2.05, 4.69) is 19.4 Å². The number of thiazole rings is 2. The van der Waals surface area contributed by atoms with E-state index in [0.29, 0.717) is 13.1 Å². The normalized spacial score (nSPS) is 8.87. The Balaban J connectivity index is 0.000000347. The van der Waals surface area contributed by atoms with Crippen LogP contribution < -0.4 is 11.5 Å². The second-order valence-corrected chi connectivity index (χ2v) is 5.87. The van der Waals surface area contributed by atoms with Gasteiger partial charge in [-0.3, -0.25) is 4.79 Å². The van der Waals surface area contributed by atoms with Crippen molar-refractivity contribution in [3.05, 3.63) is 21.4 Å². The van der Waals surface area contributed by atoms with Crippen molar-refractivity contribution >= 4 is 57.0 Å². The number of esters is 1. The fraction of sp³-hybridized carbons (Fsp3) is 0.273. The summed E-state index contributed by atoms with van der Waals surface area (Å²) in [4.78, 5) is 27.1. The molecule has 0 radical (unpaired) electrons. The molecule has 0 spiro atoms. The van der Waals surface area contributed by atoms with Gasteiger partial charge in [0, 0.05) is 0 Å². The highest BCUT2D eigenvalue weighted by Crippen LogP contribution is 2.25. The molecule has 2 heterocycles. The van der Waals surface area contributed by atoms with E-state index < -0.39 is 5.97 Å². The molecule has 2 rings (SSSR count). The summed E-state index contributed by atoms with van der Waals surface area (Å²) in [7, 11) is 1.26. The van der Waals surface area contributed by atoms with Crippen LogP contribution in [-0.4, -0.2) is 36.1 Å². The predicted octanol–water partition coefficient (Wildman–Crippen LogP) is 2.21. The van der Waals surface area contributed by atoms with Crippen LogP contribution in [0.15, 0.2) is 6.20 Å². The zero-order valence-electron chi connectivity index (χ0n) is 12.1. The molecule has 8 nitrogen and oxygen atoms in total. The Morgan fingerprint density at radius 1 is 1.43 bits per heavy atom. The molecule has 2 aromatic rings. The lowest BCUT2D eigenvalue weighted by atomic mass is 10.5. The lowest BCUT2D eigenvalue weighted by Gasteiger charge is -1.91. The van der Waals surface area contributed by atoms with Crippen molar-refractivity contribution in [2.24, 2.45) is 0 Å². The third-order valence-corrected chi connectivity index (χ3v) is 3.41. The van der Waals surface area contributed by atoms with Crippen LogP contribution in [0.1, 0.15) is 17.4 Å². The Kier molecular flexibility index (Phi) is 10.6. The summed E-state index contributed by atoms with van der Waals surface area (Å²) in [5.41, 5.74) is 10.4. The number of ether oxygens (including phenoxy) is 2. The van der Waals surface area contributed by atoms with Crippen LogP contribution >= 0.6 is 34.3 Å². The Labute approximate surface area is 144 Å². The summed E-state index contributed by atoms with van der Waals surface area (Å²) >= 11 is 7.48. The highest BCUT2D eigenvalue weighted by atomic mass is 35.5. The number of nitrogen functional groups attached to an aromatic ring is 2. The van der Waals surface area contributed by atoms with E-state index in [9.17, 15) is 14.0 Å². The van der Waals surface area contributed by atoms with E-state index in [1.54, 1.807) is 6.92 Å². The van der Waals surface area contributed by atoms with Crippen molar-refractivity contribution < 1.29 is 23.5 Å². The first-order chi connectivity index (χ1) is 10.8. The maximum absolute atomic E-state index is 11.8. The molecule has 23 heavy (non-hydrogen) atoms. The van der Waals surface area contributed by atoms with Crippen molar-refractivity contribution in [3.63, 3.8) is 0 Å². The van der Waals surface area contributed by atoms with E-state index in [4.69, 9.17) is 23.1 Å². The monoisotopic (exact) mass is 384 g/mol. The maximum Gasteiger partial charge on any atom is 0.359 e. The van der Waals surface area contributed by atoms with Crippen LogP contribution in [0.25, 0.3) is 0 Å². The molecule has 4 N–H and O–H groups in total. The van der Waals surface area contributed by atoms with Gasteiger partial charge >= 0.3 is 5.97 Å². The molecule has 0 aliphatic carbocycles. The van der Waals surface area contributed by atoms with E-state index in [1.807, 2.05) is 0 Å². The first kappa shape index (κ1) is 21.0. The van der Waals surface area contributed by atoms with Gasteiger partial charge in [-0.15, -0.1) is 0 Å². The van der Waals surface area contributed by atoms with Gasteiger partial charge in [-0.2, -0.15) is 4.39 Å². The molecule has 12 heteroatoms. The number of anilines is 2. The van der Waals surface area contributed by atoms with Crippen molar-refractivity contribution in [1.82, 2.24) is 9.97 Å². The number of carbonyl (C=O) groups is 2. The molecule has 2 aromatic heterocycles. The first-order valence-electron chi connectivity index (χ1n) is 5.77. The highest BCUT2D eigenvalue weighted by Gasteiger charge is 2.15. The van der Waals surface area contributed by atoms with Crippen LogP contribution in [0.5, 0.6) is 0 Å². The molecule has 0 saturated carbocycles. The SMILES string of the molecule is CCOC=O.COC(=O)c1nc(N)sc1Cl.Nc1ncc(F)s1. The summed E-state index contributed by atoms with van der Waals surface area (Å²) in [6.07, 6.45) is 1.10. The third-order valence-electron chi connectivity index (χ3n) is 1.71. The molecular formula is C11H14ClFN4O4S2. The maximum atomic E-state index is 11.8. The van der Waals surface area contributed by atoms with Crippen LogP contribution in [0.4, 0.5) is 14.7 Å². The van der Waals surface area contributed by atoms with Gasteiger partial charge in [0.15, 0.2) is 21.1 Å². The number of rotatable bonds is 3. The number of aromatic nitrogens is 2. The predicted molar refractivity (Wildman–Crippen MR) is 87.1 cm³/mol. The molecule has 0 bridgehead atoms. The lowest BCUT2D eigenvalue weighted by molar-refractivity contribution is -0.128. The van der Waals surface area contributed by atoms with E-state index in [1.165, 1.54) is 7.11 Å². The number of methoxy groups -OCH3 is 1. The van der Waals surface area contributed by atoms with Crippen LogP contribution in [-0.2, 0) is 14.3 Å². The highest BCUT2D eigenvalue weighted by molar-refractivity contribution is 7.19. The largest absolute Gasteiger partial charge is 0.468 e. The van der Waals surface area contributed by atoms with Gasteiger partial charge in [0.1, 0.15) is 4.34 Å². The van der Waals surface area contributed by atoms with E-state index >= 15 is 0 Å². The first-order valence-corrected chi connectivity index (χ1v) is 7.78. The number of nitrogens with zero attached hydrogens (tertiary/aromatic N) is 2. The van der Waals surface area contributed by atoms with Gasteiger partial charge in [0.2, 0.25) is 0 Å². The number of nitrogens with two attached hydrogens (primary N) is 2. The second kappa shape index (κ2) is 11.6. The minimum Gasteiger partial charge on any atom is -0.468 e. The minimum atomic E-state index is -0.567. The van der Waals surface area contributed by atoms with Crippen molar-refractivity contribution in [2.75, 3.05) is 25.2 Å². The molecule has 0 fully saturated rings. The Hall–Kier alpha value is -1.98. The fourth-order valence-electron chi connectivity index (χ4n) is 0.875. The molecule has 128 valence electrons. The Bertz CT molecular complexity index is 606. The smallest absolute Gasteiger partial charge is 0.359 e. The topological polar surface area (TPSA) is 130 Å². The number of hydrogen-bond donors (Lipinski definition) is 2. The van der Waals surface area contributed by atoms with Gasteiger partial charge in [-0.05, 0) is 6.92 Å². The molecule has 0 unspecified atom stereocenters. The summed E-state index contributed by atoms with van der Waals surface area (Å²) in [5, 5.41) is 0.199. The lowest BCUT2D eigenvalue weighted by Crippen LogP contribution is -2.02. The van der Waals surface area contributed by atoms with Crippen molar-refractivity contribution in [3.8, 4) is 0 Å². The molecule has 0 atom stereocenters. The second-order valence-electron chi connectivity index (χ2n) is 3.22. The number of halogens is 2. The van der Waals surface area contributed by atoms with E-state index in [0.717, 1.165) is 28.9 Å². The fourth-order valence-corrected chi connectivity index (χ4v) is 2.19. The summed E-state index contributed by atoms with van der Waals surface area (Å²) < 4.78 is 20.6. The Morgan fingerprint density at radius 3 is 2.30 bits per heavy atom. The summed E-state index contributed by atoms with van der Waals surface area (Å²) in [5.74, 6) is -0.567. The summed E-state index contributed by atoms with van der Waals surface area (Å²) in [6, 6.07) is 0. The number of hydrogen-bond acceptors (Lipinski definition) is 10. The average Bonchev–Trinajstić information content (AvgIpc) is 3.04. The zero-order valence-corrected chi connectivity index (χ0v) is 14.5. The van der Waals surface area contributed by atoms with Crippen molar-refractivity contribution in [2.45, 2.75) is 6.92 Å². The van der Waals surface area contributed by atoms with Crippen LogP contribution in [0, 0.1) is 5.13 Å². The van der Waals surface area contributed by atoms with Crippen LogP contribution in [0.2, 0.25) is 4.34 Å². The number of carbonyl (C=O) groups excluding carboxylic acids is 2. The molecule has 0 aromatic carbocycles. The van der Waals surface area contributed by atoms with Gasteiger partial charge < -0.3 is 20.9 Å². The van der Waals surface area contributed by atoms with Gasteiger partial charge in [-0.1, -0.05) is 34.3 Å². The summed E-state index contributed by atoms with van der Waals surface area (Å²) in [6.45, 7) is 2.66. The molecule has 0 aliphatic rings. The average molecular weight is 385 g/mol. The molecule has 0 amide bonds. The molecule has 0 aliphatic heterocycles. The standard InChI is InChI=1S/C5H5ClN2O2S.C3H3FN2S.C3H6O2/c1-10-4(9)2-3(6)11-5(7)8-2;4-2-1-6-3(5)7-2;1-2-5-3-4/h1H3,(H2,7,8);1H,(H2,5,6);3H,2H2,1H3. The van der Waals surface area contributed by atoms with Crippen molar-refractivity contribution in [1.29, 1.82) is 0 Å². The van der Waals surface area contributed by atoms with Gasteiger partial charge in [0.05, 0.1) is 19.9 Å². The Morgan fingerprint density at radius 2 is 2.09 bits per heavy atom. The minimum absolute atomic E-state index is 0.0802. The third kappa shape index (κ3) is 8.90. The van der Waals surface area contributed by atoms with Gasteiger partial charge in [0.25, 0.3) is 6.47 Å². The molecular weight excluding hydrogens is 371 g/mol. The quantitative estimate of drug-likeness (QED) is 0.608. The van der Waals surface area contributed by atoms with Gasteiger partial charge in [-0.25, -0.2) is 14.8 Å². The zero-order chi connectivity index (χ0) is 17.8. The molecule has 0 saturated heterocycles.